The van der Waals surface area contributed by atoms with Gasteiger partial charge in [-0.2, -0.15) is 0 Å². The van der Waals surface area contributed by atoms with Gasteiger partial charge in [-0.25, -0.2) is 70.2 Å². The van der Waals surface area contributed by atoms with Crippen LogP contribution in [0.15, 0.2) is 24.3 Å². The van der Waals surface area contributed by atoms with Crippen LogP contribution in [0, 0.1) is 93.1 Å². The molecule has 4 aromatic rings. The van der Waals surface area contributed by atoms with E-state index in [4.69, 9.17) is 0 Å². The molecule has 0 spiro atoms. The molecule has 0 amide bonds. The second-order valence-corrected chi connectivity index (χ2v) is 13.8. The number of unbranched alkanes of at least 4 members (excludes halogenated alkanes) is 3. The first-order chi connectivity index (χ1) is 26.8. The molecular weight excluding hydrogens is 798 g/mol. The SMILES string of the molecule is CCCC[N+](CCCC)(CCCC)C(CCC(c1cc(F)c(F)c(F)c1F)(c1cc(F)c(F)c(F)c1F)c1cc(F)c(F)c(F)c1F)c1cc(F)c(F)c(F)c1F. The molecule has 0 aliphatic heterocycles. The van der Waals surface area contributed by atoms with Crippen LogP contribution in [0.4, 0.5) is 70.2 Å². The molecule has 0 radical (unpaired) electrons. The van der Waals surface area contributed by atoms with E-state index in [-0.39, 0.29) is 63.2 Å². The zero-order valence-corrected chi connectivity index (χ0v) is 30.7. The summed E-state index contributed by atoms with van der Waals surface area (Å²) < 4.78 is 243. The first-order valence-corrected chi connectivity index (χ1v) is 18.0. The highest BCUT2D eigenvalue weighted by molar-refractivity contribution is 5.53. The number of hydrogen-bond donors (Lipinski definition) is 0. The summed E-state index contributed by atoms with van der Waals surface area (Å²) in [6.45, 7) is 5.24. The minimum atomic E-state index is -3.79. The molecule has 312 valence electrons. The molecule has 0 saturated carbocycles. The summed E-state index contributed by atoms with van der Waals surface area (Å²) in [7, 11) is 0. The van der Waals surface area contributed by atoms with Crippen molar-refractivity contribution in [2.45, 2.75) is 83.6 Å². The van der Waals surface area contributed by atoms with Gasteiger partial charge in [-0.1, -0.05) is 40.0 Å². The lowest BCUT2D eigenvalue weighted by Crippen LogP contribution is -2.53. The third-order valence-electron chi connectivity index (χ3n) is 10.5. The van der Waals surface area contributed by atoms with Gasteiger partial charge in [-0.15, -0.1) is 0 Å². The van der Waals surface area contributed by atoms with Gasteiger partial charge < -0.3 is 4.48 Å². The van der Waals surface area contributed by atoms with Crippen LogP contribution in [0.25, 0.3) is 0 Å². The fourth-order valence-corrected chi connectivity index (χ4v) is 7.62. The van der Waals surface area contributed by atoms with E-state index in [1.165, 1.54) is 0 Å². The van der Waals surface area contributed by atoms with E-state index in [1.807, 2.05) is 0 Å². The van der Waals surface area contributed by atoms with Crippen LogP contribution in [0.1, 0.15) is 100 Å². The van der Waals surface area contributed by atoms with Crippen LogP contribution in [0.2, 0.25) is 0 Å². The van der Waals surface area contributed by atoms with Crippen molar-refractivity contribution in [1.29, 1.82) is 0 Å². The predicted molar refractivity (Wildman–Crippen MR) is 177 cm³/mol. The highest BCUT2D eigenvalue weighted by Gasteiger charge is 2.50. The van der Waals surface area contributed by atoms with Crippen LogP contribution >= 0.6 is 0 Å². The number of halogens is 16. The van der Waals surface area contributed by atoms with Gasteiger partial charge in [-0.05, 0) is 49.9 Å². The second kappa shape index (κ2) is 18.1. The Kier molecular flexibility index (Phi) is 14.4. The largest absolute Gasteiger partial charge is 0.317 e. The van der Waals surface area contributed by atoms with Gasteiger partial charge in [0.05, 0.1) is 30.6 Å². The fourth-order valence-electron chi connectivity index (χ4n) is 7.62. The Bertz CT molecular complexity index is 1940. The summed E-state index contributed by atoms with van der Waals surface area (Å²) in [6.07, 6.45) is -0.455. The summed E-state index contributed by atoms with van der Waals surface area (Å²) in [4.78, 5) is 0. The molecule has 1 atom stereocenters. The fraction of sp³-hybridized carbons (Fsp3) is 0.400. The predicted octanol–water partition coefficient (Wildman–Crippen LogP) is 13.0. The van der Waals surface area contributed by atoms with E-state index < -0.39 is 144 Å². The average molecular weight is 835 g/mol. The van der Waals surface area contributed by atoms with Crippen LogP contribution in [-0.2, 0) is 5.41 Å². The van der Waals surface area contributed by atoms with E-state index in [1.54, 1.807) is 20.8 Å². The van der Waals surface area contributed by atoms with Gasteiger partial charge in [0.1, 0.15) is 6.04 Å². The molecule has 57 heavy (non-hydrogen) atoms. The van der Waals surface area contributed by atoms with E-state index in [0.29, 0.717) is 19.3 Å². The lowest BCUT2D eigenvalue weighted by Gasteiger charge is -2.47. The quantitative estimate of drug-likeness (QED) is 0.0327. The summed E-state index contributed by atoms with van der Waals surface area (Å²) in [5.74, 6) is -39.1. The summed E-state index contributed by atoms with van der Waals surface area (Å²) in [6, 6.07) is -2.38. The molecule has 0 saturated heterocycles. The van der Waals surface area contributed by atoms with Gasteiger partial charge in [0, 0.05) is 23.1 Å². The van der Waals surface area contributed by atoms with Gasteiger partial charge >= 0.3 is 0 Å². The summed E-state index contributed by atoms with van der Waals surface area (Å²) in [5.41, 5.74) is -10.2. The van der Waals surface area contributed by atoms with Crippen molar-refractivity contribution in [1.82, 2.24) is 0 Å². The van der Waals surface area contributed by atoms with Crippen molar-refractivity contribution < 1.29 is 74.7 Å². The van der Waals surface area contributed by atoms with Gasteiger partial charge in [0.2, 0.25) is 0 Å². The van der Waals surface area contributed by atoms with E-state index in [9.17, 15) is 17.6 Å². The highest BCUT2D eigenvalue weighted by atomic mass is 19.2. The van der Waals surface area contributed by atoms with E-state index in [0.717, 1.165) is 0 Å². The summed E-state index contributed by atoms with van der Waals surface area (Å²) >= 11 is 0. The van der Waals surface area contributed by atoms with Crippen molar-refractivity contribution in [3.8, 4) is 0 Å². The van der Waals surface area contributed by atoms with Crippen LogP contribution in [0.3, 0.4) is 0 Å². The first-order valence-electron chi connectivity index (χ1n) is 18.0. The van der Waals surface area contributed by atoms with Crippen LogP contribution in [-0.4, -0.2) is 24.1 Å². The zero-order valence-electron chi connectivity index (χ0n) is 30.7. The van der Waals surface area contributed by atoms with Crippen molar-refractivity contribution in [2.75, 3.05) is 19.6 Å². The highest BCUT2D eigenvalue weighted by Crippen LogP contribution is 2.51. The first kappa shape index (κ1) is 45.4. The van der Waals surface area contributed by atoms with Crippen molar-refractivity contribution in [3.63, 3.8) is 0 Å². The maximum absolute atomic E-state index is 16.2. The van der Waals surface area contributed by atoms with E-state index in [2.05, 4.69) is 0 Å². The third-order valence-corrected chi connectivity index (χ3v) is 10.5. The molecule has 0 aromatic heterocycles. The minimum absolute atomic E-state index is 0.0186. The molecule has 1 unspecified atom stereocenters. The van der Waals surface area contributed by atoms with Crippen molar-refractivity contribution in [3.05, 3.63) is 140 Å². The van der Waals surface area contributed by atoms with Crippen LogP contribution in [0.5, 0.6) is 0 Å². The smallest absolute Gasteiger partial charge is 0.197 e. The van der Waals surface area contributed by atoms with Gasteiger partial charge in [0.15, 0.2) is 93.1 Å². The number of benzene rings is 4. The third kappa shape index (κ3) is 8.22. The number of rotatable bonds is 17. The topological polar surface area (TPSA) is 0 Å². The molecule has 0 aliphatic rings. The molecule has 0 bridgehead atoms. The number of nitrogens with zero attached hydrogens (tertiary/aromatic N) is 1. The lowest BCUT2D eigenvalue weighted by atomic mass is 9.65. The molecule has 17 heteroatoms. The molecule has 0 aliphatic carbocycles. The zero-order chi connectivity index (χ0) is 42.7. The molecule has 4 aromatic carbocycles. The van der Waals surface area contributed by atoms with Crippen molar-refractivity contribution >= 4 is 0 Å². The number of quaternary nitrogens is 1. The average Bonchev–Trinajstić information content (AvgIpc) is 3.19. The molecule has 1 nitrogen and oxygen atoms in total. The summed E-state index contributed by atoms with van der Waals surface area (Å²) in [5, 5.41) is 0. The Hall–Kier alpha value is -4.28. The molecular formula is C40H36F16N+. The monoisotopic (exact) mass is 834 g/mol. The molecule has 0 fully saturated rings. The van der Waals surface area contributed by atoms with Gasteiger partial charge in [-0.3, -0.25) is 0 Å². The number of hydrogen-bond acceptors (Lipinski definition) is 0. The maximum Gasteiger partial charge on any atom is 0.197 e. The lowest BCUT2D eigenvalue weighted by molar-refractivity contribution is -0.958. The second-order valence-electron chi connectivity index (χ2n) is 13.8. The Morgan fingerprint density at radius 1 is 0.404 bits per heavy atom. The molecule has 0 N–H and O–H groups in total. The van der Waals surface area contributed by atoms with Crippen molar-refractivity contribution in [2.24, 2.45) is 0 Å². The Morgan fingerprint density at radius 3 is 1.02 bits per heavy atom. The Balaban J connectivity index is 2.30. The standard InChI is InChI=1S/C40H36F16N/c1-4-7-12-57(13-8-5-2,14-9-6-3)27(19-15-23(41)32(49)36(53)28(19)45)10-11-40(20-16-24(42)33(50)37(54)29(20)46,21-17-25(43)34(51)38(55)30(21)47)22-18-26(44)35(52)39(56)31(22)48/h15-18,27H,4-14H2,1-3H3/q+1. The Morgan fingerprint density at radius 2 is 0.702 bits per heavy atom. The van der Waals surface area contributed by atoms with Crippen LogP contribution < -0.4 is 0 Å². The Labute approximate surface area is 317 Å². The maximum atomic E-state index is 16.2. The van der Waals surface area contributed by atoms with E-state index >= 15 is 52.7 Å². The van der Waals surface area contributed by atoms with Gasteiger partial charge in [0.25, 0.3) is 0 Å². The normalized spacial score (nSPS) is 12.8. The minimum Gasteiger partial charge on any atom is -0.317 e. The molecule has 0 heterocycles. The molecule has 4 rings (SSSR count).